The van der Waals surface area contributed by atoms with E-state index in [0.717, 1.165) is 21.5 Å². The molecule has 7 heteroatoms. The van der Waals surface area contributed by atoms with Gasteiger partial charge in [-0.15, -0.1) is 16.4 Å². The molecule has 2 aromatic heterocycles. The molecule has 1 atom stereocenters. The predicted molar refractivity (Wildman–Crippen MR) is 63.5 cm³/mol. The van der Waals surface area contributed by atoms with Crippen LogP contribution in [-0.4, -0.2) is 27.5 Å². The van der Waals surface area contributed by atoms with Crippen molar-refractivity contribution < 1.29 is 4.74 Å². The summed E-state index contributed by atoms with van der Waals surface area (Å²) in [6.07, 6.45) is 1.77. The Morgan fingerprint density at radius 1 is 1.62 bits per heavy atom. The Morgan fingerprint density at radius 2 is 2.50 bits per heavy atom. The normalized spacial score (nSPS) is 12.9. The summed E-state index contributed by atoms with van der Waals surface area (Å²) in [4.78, 5) is 4.49. The summed E-state index contributed by atoms with van der Waals surface area (Å²) in [7, 11) is 1.69. The van der Waals surface area contributed by atoms with Gasteiger partial charge in [-0.25, -0.2) is 4.98 Å². The molecule has 0 bridgehead atoms. The second kappa shape index (κ2) is 5.42. The van der Waals surface area contributed by atoms with Gasteiger partial charge >= 0.3 is 0 Å². The van der Waals surface area contributed by atoms with Crippen LogP contribution in [0.15, 0.2) is 16.6 Å². The highest BCUT2D eigenvalue weighted by Crippen LogP contribution is 2.24. The van der Waals surface area contributed by atoms with Crippen molar-refractivity contribution in [3.63, 3.8) is 0 Å². The average molecular weight is 256 g/mol. The van der Waals surface area contributed by atoms with E-state index in [-0.39, 0.29) is 6.10 Å². The lowest BCUT2D eigenvalue weighted by Crippen LogP contribution is -1.94. The van der Waals surface area contributed by atoms with Gasteiger partial charge in [0.25, 0.3) is 0 Å². The van der Waals surface area contributed by atoms with Crippen LogP contribution in [0.2, 0.25) is 0 Å². The predicted octanol–water partition coefficient (Wildman–Crippen LogP) is 2.26. The molecule has 0 unspecified atom stereocenters. The first-order chi connectivity index (χ1) is 7.79. The van der Waals surface area contributed by atoms with E-state index < -0.39 is 0 Å². The maximum Gasteiger partial charge on any atom is 0.139 e. The molecule has 0 radical (unpaired) electrons. The van der Waals surface area contributed by atoms with Crippen LogP contribution in [0.4, 0.5) is 0 Å². The van der Waals surface area contributed by atoms with Crippen molar-refractivity contribution in [3.05, 3.63) is 22.3 Å². The van der Waals surface area contributed by atoms with Crippen molar-refractivity contribution in [1.29, 1.82) is 0 Å². The average Bonchev–Trinajstić information content (AvgIpc) is 2.96. The number of nitrogens with zero attached hydrogens (tertiary/aromatic N) is 3. The smallest absolute Gasteiger partial charge is 0.139 e. The maximum atomic E-state index is 5.21. The third-order valence-corrected chi connectivity index (χ3v) is 4.02. The zero-order valence-corrected chi connectivity index (χ0v) is 10.6. The van der Waals surface area contributed by atoms with Gasteiger partial charge in [0, 0.05) is 18.2 Å². The van der Waals surface area contributed by atoms with E-state index in [9.17, 15) is 0 Å². The van der Waals surface area contributed by atoms with Crippen LogP contribution in [0.25, 0.3) is 0 Å². The number of thiazole rings is 1. The molecule has 0 fully saturated rings. The molecule has 2 heterocycles. The Kier molecular flexibility index (Phi) is 3.92. The standard InChI is InChI=1S/C9H12N4OS2/c1-6(14-2)9-11-7(5-16-9)4-15-8-3-10-13-12-8/h3,5-6H,4H2,1-2H3,(H,10,12,13)/t6-/m0/s1. The van der Waals surface area contributed by atoms with E-state index in [2.05, 4.69) is 25.8 Å². The Hall–Kier alpha value is -0.920. The van der Waals surface area contributed by atoms with Gasteiger partial charge in [0.1, 0.15) is 16.1 Å². The van der Waals surface area contributed by atoms with Gasteiger partial charge in [-0.1, -0.05) is 11.8 Å². The first kappa shape index (κ1) is 11.6. The number of nitrogens with one attached hydrogen (secondary N) is 1. The van der Waals surface area contributed by atoms with E-state index in [4.69, 9.17) is 4.74 Å². The van der Waals surface area contributed by atoms with E-state index in [0.29, 0.717) is 0 Å². The first-order valence-corrected chi connectivity index (χ1v) is 6.61. The molecule has 0 aromatic carbocycles. The Bertz CT molecular complexity index is 428. The van der Waals surface area contributed by atoms with Crippen LogP contribution in [0.1, 0.15) is 23.7 Å². The molecule has 0 amide bonds. The number of hydrogen-bond donors (Lipinski definition) is 1. The van der Waals surface area contributed by atoms with Crippen LogP contribution >= 0.6 is 23.1 Å². The van der Waals surface area contributed by atoms with Gasteiger partial charge in [0.05, 0.1) is 11.9 Å². The molecule has 2 aromatic rings. The second-order valence-electron chi connectivity index (χ2n) is 3.15. The van der Waals surface area contributed by atoms with E-state index in [1.54, 1.807) is 36.4 Å². The Balaban J connectivity index is 1.93. The van der Waals surface area contributed by atoms with Gasteiger partial charge in [0.2, 0.25) is 0 Å². The fraction of sp³-hybridized carbons (Fsp3) is 0.444. The van der Waals surface area contributed by atoms with Crippen molar-refractivity contribution in [3.8, 4) is 0 Å². The monoisotopic (exact) mass is 256 g/mol. The quantitative estimate of drug-likeness (QED) is 0.831. The van der Waals surface area contributed by atoms with Crippen molar-refractivity contribution in [1.82, 2.24) is 20.4 Å². The van der Waals surface area contributed by atoms with Crippen molar-refractivity contribution in [2.24, 2.45) is 0 Å². The number of rotatable bonds is 5. The zero-order valence-electron chi connectivity index (χ0n) is 9.01. The second-order valence-corrected chi connectivity index (χ2v) is 5.04. The largest absolute Gasteiger partial charge is 0.375 e. The van der Waals surface area contributed by atoms with E-state index in [1.807, 2.05) is 6.92 Å². The summed E-state index contributed by atoms with van der Waals surface area (Å²) >= 11 is 3.24. The van der Waals surface area contributed by atoms with Crippen LogP contribution in [0.3, 0.4) is 0 Å². The molecular weight excluding hydrogens is 244 g/mol. The number of thioether (sulfide) groups is 1. The number of H-pyrrole nitrogens is 1. The molecule has 0 aliphatic rings. The van der Waals surface area contributed by atoms with E-state index in [1.165, 1.54) is 0 Å². The molecule has 86 valence electrons. The fourth-order valence-corrected chi connectivity index (χ4v) is 2.72. The van der Waals surface area contributed by atoms with Gasteiger partial charge in [-0.2, -0.15) is 10.3 Å². The minimum absolute atomic E-state index is 0.0656. The Labute approximate surface area is 102 Å². The molecule has 1 N–H and O–H groups in total. The summed E-state index contributed by atoms with van der Waals surface area (Å²) in [6, 6.07) is 0. The third kappa shape index (κ3) is 2.81. The third-order valence-electron chi connectivity index (χ3n) is 2.03. The number of aromatic nitrogens is 4. The van der Waals surface area contributed by atoms with Crippen molar-refractivity contribution >= 4 is 23.1 Å². The summed E-state index contributed by atoms with van der Waals surface area (Å²) in [5.74, 6) is 0.805. The molecule has 0 saturated carbocycles. The van der Waals surface area contributed by atoms with Gasteiger partial charge in [-0.3, -0.25) is 0 Å². The molecule has 0 aliphatic heterocycles. The van der Waals surface area contributed by atoms with Crippen LogP contribution in [-0.2, 0) is 10.5 Å². The van der Waals surface area contributed by atoms with E-state index >= 15 is 0 Å². The molecule has 0 aliphatic carbocycles. The zero-order chi connectivity index (χ0) is 11.4. The lowest BCUT2D eigenvalue weighted by atomic mass is 10.4. The minimum Gasteiger partial charge on any atom is -0.375 e. The maximum absolute atomic E-state index is 5.21. The summed E-state index contributed by atoms with van der Waals surface area (Å²) < 4.78 is 5.21. The molecule has 5 nitrogen and oxygen atoms in total. The lowest BCUT2D eigenvalue weighted by molar-refractivity contribution is 0.119. The van der Waals surface area contributed by atoms with Crippen LogP contribution < -0.4 is 0 Å². The summed E-state index contributed by atoms with van der Waals surface area (Å²) in [6.45, 7) is 1.99. The molecule has 0 spiro atoms. The molecule has 16 heavy (non-hydrogen) atoms. The lowest BCUT2D eigenvalue weighted by Gasteiger charge is -2.03. The van der Waals surface area contributed by atoms with Crippen molar-refractivity contribution in [2.45, 2.75) is 23.8 Å². The number of ether oxygens (including phenoxy) is 1. The van der Waals surface area contributed by atoms with Gasteiger partial charge in [-0.05, 0) is 6.92 Å². The fourth-order valence-electron chi connectivity index (χ4n) is 1.08. The molecular formula is C9H12N4OS2. The number of hydrogen-bond acceptors (Lipinski definition) is 6. The highest BCUT2D eigenvalue weighted by molar-refractivity contribution is 7.98. The summed E-state index contributed by atoms with van der Waals surface area (Å²) in [5, 5.41) is 14.2. The Morgan fingerprint density at radius 3 is 3.19 bits per heavy atom. The van der Waals surface area contributed by atoms with Gasteiger partial charge in [0.15, 0.2) is 0 Å². The van der Waals surface area contributed by atoms with Crippen LogP contribution in [0.5, 0.6) is 0 Å². The first-order valence-electron chi connectivity index (χ1n) is 4.75. The minimum atomic E-state index is 0.0656. The summed E-state index contributed by atoms with van der Waals surface area (Å²) in [5.41, 5.74) is 1.05. The highest BCUT2D eigenvalue weighted by atomic mass is 32.2. The van der Waals surface area contributed by atoms with Crippen LogP contribution in [0, 0.1) is 0 Å². The van der Waals surface area contributed by atoms with Gasteiger partial charge < -0.3 is 4.74 Å². The molecule has 2 rings (SSSR count). The SMILES string of the molecule is CO[C@@H](C)c1nc(CSc2cn[nH]n2)cs1. The van der Waals surface area contributed by atoms with Crippen molar-refractivity contribution in [2.75, 3.05) is 7.11 Å². The highest BCUT2D eigenvalue weighted by Gasteiger charge is 2.09. The number of aromatic amines is 1. The molecule has 0 saturated heterocycles. The number of methoxy groups -OCH3 is 1. The topological polar surface area (TPSA) is 63.7 Å².